The van der Waals surface area contributed by atoms with E-state index in [1.807, 2.05) is 0 Å². The molecule has 0 bridgehead atoms. The highest BCUT2D eigenvalue weighted by Crippen LogP contribution is 2.20. The molecular weight excluding hydrogens is 280 g/mol. The van der Waals surface area contributed by atoms with E-state index < -0.39 is 0 Å². The number of thiazole rings is 1. The van der Waals surface area contributed by atoms with E-state index >= 15 is 0 Å². The first-order chi connectivity index (χ1) is 9.88. The molecule has 0 aliphatic heterocycles. The maximum Gasteiger partial charge on any atom is 0.115 e. The molecule has 2 heterocycles. The number of hydrogen-bond donors (Lipinski definition) is 1. The molecule has 0 aliphatic carbocycles. The largest absolute Gasteiger partial charge is 0.312 e. The van der Waals surface area contributed by atoms with Gasteiger partial charge in [0.25, 0.3) is 0 Å². The van der Waals surface area contributed by atoms with E-state index in [1.54, 1.807) is 11.3 Å². The summed E-state index contributed by atoms with van der Waals surface area (Å²) >= 11 is 1.77. The first kappa shape index (κ1) is 16.2. The highest BCUT2D eigenvalue weighted by Gasteiger charge is 2.13. The van der Waals surface area contributed by atoms with Crippen LogP contribution in [0.2, 0.25) is 0 Å². The summed E-state index contributed by atoms with van der Waals surface area (Å²) in [6.45, 7) is 15.6. The molecule has 21 heavy (non-hydrogen) atoms. The third kappa shape index (κ3) is 3.92. The van der Waals surface area contributed by atoms with Crippen LogP contribution in [0.5, 0.6) is 0 Å². The second-order valence-electron chi connectivity index (χ2n) is 6.08. The van der Waals surface area contributed by atoms with Gasteiger partial charge in [0.2, 0.25) is 0 Å². The first-order valence-electron chi connectivity index (χ1n) is 7.55. The van der Waals surface area contributed by atoms with Gasteiger partial charge in [-0.05, 0) is 40.2 Å². The van der Waals surface area contributed by atoms with Gasteiger partial charge in [-0.1, -0.05) is 13.8 Å². The van der Waals surface area contributed by atoms with Crippen molar-refractivity contribution in [2.75, 3.05) is 6.54 Å². The lowest BCUT2D eigenvalue weighted by Crippen LogP contribution is -2.19. The van der Waals surface area contributed by atoms with Crippen LogP contribution < -0.4 is 5.32 Å². The standard InChI is InChI=1S/C16H26N4S/c1-10(2)7-17-8-15-12(4)19-20(13(15)5)9-16-18-11(3)14(6)21-16/h10,17H,7-9H2,1-6H3. The Kier molecular flexibility index (Phi) is 5.17. The monoisotopic (exact) mass is 306 g/mol. The van der Waals surface area contributed by atoms with Gasteiger partial charge in [0.1, 0.15) is 5.01 Å². The Morgan fingerprint density at radius 3 is 2.43 bits per heavy atom. The van der Waals surface area contributed by atoms with Gasteiger partial charge in [0, 0.05) is 22.7 Å². The molecule has 1 N–H and O–H groups in total. The average molecular weight is 306 g/mol. The highest BCUT2D eigenvalue weighted by molar-refractivity contribution is 7.11. The molecular formula is C16H26N4S. The van der Waals surface area contributed by atoms with Crippen LogP contribution in [0.3, 0.4) is 0 Å². The second-order valence-corrected chi connectivity index (χ2v) is 7.37. The molecule has 0 unspecified atom stereocenters. The van der Waals surface area contributed by atoms with Crippen molar-refractivity contribution in [3.05, 3.63) is 32.5 Å². The molecule has 0 aliphatic rings. The average Bonchev–Trinajstić information content (AvgIpc) is 2.83. The van der Waals surface area contributed by atoms with E-state index in [2.05, 4.69) is 61.6 Å². The lowest BCUT2D eigenvalue weighted by Gasteiger charge is -2.08. The maximum absolute atomic E-state index is 4.69. The lowest BCUT2D eigenvalue weighted by molar-refractivity contribution is 0.550. The van der Waals surface area contributed by atoms with Crippen LogP contribution in [0.1, 0.15) is 46.4 Å². The Morgan fingerprint density at radius 2 is 1.86 bits per heavy atom. The molecule has 0 atom stereocenters. The van der Waals surface area contributed by atoms with E-state index in [1.165, 1.54) is 16.1 Å². The predicted octanol–water partition coefficient (Wildman–Crippen LogP) is 3.37. The van der Waals surface area contributed by atoms with Gasteiger partial charge in [0.05, 0.1) is 17.9 Å². The van der Waals surface area contributed by atoms with E-state index in [-0.39, 0.29) is 0 Å². The van der Waals surface area contributed by atoms with Crippen molar-refractivity contribution in [2.24, 2.45) is 5.92 Å². The number of rotatable bonds is 6. The van der Waals surface area contributed by atoms with Crippen molar-refractivity contribution < 1.29 is 0 Å². The van der Waals surface area contributed by atoms with Gasteiger partial charge in [-0.15, -0.1) is 11.3 Å². The van der Waals surface area contributed by atoms with Gasteiger partial charge < -0.3 is 5.32 Å². The summed E-state index contributed by atoms with van der Waals surface area (Å²) in [6.07, 6.45) is 0. The summed E-state index contributed by atoms with van der Waals surface area (Å²) in [6, 6.07) is 0. The molecule has 0 spiro atoms. The van der Waals surface area contributed by atoms with Crippen LogP contribution >= 0.6 is 11.3 Å². The fraction of sp³-hybridized carbons (Fsp3) is 0.625. The molecule has 0 radical (unpaired) electrons. The topological polar surface area (TPSA) is 42.7 Å². The van der Waals surface area contributed by atoms with Crippen molar-refractivity contribution in [1.82, 2.24) is 20.1 Å². The summed E-state index contributed by atoms with van der Waals surface area (Å²) < 4.78 is 2.08. The van der Waals surface area contributed by atoms with Crippen molar-refractivity contribution in [1.29, 1.82) is 0 Å². The molecule has 2 aromatic heterocycles. The van der Waals surface area contributed by atoms with Gasteiger partial charge in [-0.25, -0.2) is 4.98 Å². The van der Waals surface area contributed by atoms with E-state index in [0.29, 0.717) is 5.92 Å². The van der Waals surface area contributed by atoms with Crippen molar-refractivity contribution in [3.63, 3.8) is 0 Å². The van der Waals surface area contributed by atoms with Crippen molar-refractivity contribution >= 4 is 11.3 Å². The predicted molar refractivity (Wildman–Crippen MR) is 88.9 cm³/mol. The minimum absolute atomic E-state index is 0.668. The minimum Gasteiger partial charge on any atom is -0.312 e. The summed E-state index contributed by atoms with van der Waals surface area (Å²) in [7, 11) is 0. The second kappa shape index (κ2) is 6.71. The molecule has 5 heteroatoms. The van der Waals surface area contributed by atoms with Gasteiger partial charge in [-0.2, -0.15) is 5.10 Å². The normalized spacial score (nSPS) is 11.6. The fourth-order valence-corrected chi connectivity index (χ4v) is 3.28. The lowest BCUT2D eigenvalue weighted by atomic mass is 10.2. The quantitative estimate of drug-likeness (QED) is 0.890. The maximum atomic E-state index is 4.69. The Hall–Kier alpha value is -1.20. The van der Waals surface area contributed by atoms with Crippen LogP contribution in [0, 0.1) is 33.6 Å². The van der Waals surface area contributed by atoms with Crippen LogP contribution in [0.25, 0.3) is 0 Å². The summed E-state index contributed by atoms with van der Waals surface area (Å²) in [4.78, 5) is 5.91. The Labute approximate surface area is 131 Å². The fourth-order valence-electron chi connectivity index (χ4n) is 2.36. The molecule has 0 saturated carbocycles. The number of aromatic nitrogens is 3. The van der Waals surface area contributed by atoms with E-state index in [4.69, 9.17) is 0 Å². The molecule has 4 nitrogen and oxygen atoms in total. The zero-order valence-corrected chi connectivity index (χ0v) is 14.8. The molecule has 116 valence electrons. The number of hydrogen-bond acceptors (Lipinski definition) is 4. The highest BCUT2D eigenvalue weighted by atomic mass is 32.1. The van der Waals surface area contributed by atoms with Gasteiger partial charge in [0.15, 0.2) is 0 Å². The van der Waals surface area contributed by atoms with Crippen LogP contribution in [-0.2, 0) is 13.1 Å². The first-order valence-corrected chi connectivity index (χ1v) is 8.36. The number of nitrogens with zero attached hydrogens (tertiary/aromatic N) is 3. The molecule has 0 saturated heterocycles. The van der Waals surface area contributed by atoms with E-state index in [9.17, 15) is 0 Å². The molecule has 0 amide bonds. The third-order valence-corrected chi connectivity index (χ3v) is 4.80. The molecule has 0 aromatic carbocycles. The van der Waals surface area contributed by atoms with E-state index in [0.717, 1.165) is 36.0 Å². The molecule has 2 aromatic rings. The van der Waals surface area contributed by atoms with Crippen molar-refractivity contribution in [2.45, 2.75) is 54.6 Å². The summed E-state index contributed by atoms with van der Waals surface area (Å²) in [5.41, 5.74) is 4.82. The van der Waals surface area contributed by atoms with Crippen LogP contribution in [-0.4, -0.2) is 21.3 Å². The smallest absolute Gasteiger partial charge is 0.115 e. The molecule has 0 fully saturated rings. The number of nitrogens with one attached hydrogen (secondary N) is 1. The summed E-state index contributed by atoms with van der Waals surface area (Å²) in [5.74, 6) is 0.668. The Balaban J connectivity index is 2.11. The SMILES string of the molecule is Cc1nc(Cn2nc(C)c(CNCC(C)C)c2C)sc1C. The van der Waals surface area contributed by atoms with Crippen LogP contribution in [0.4, 0.5) is 0 Å². The molecule has 2 rings (SSSR count). The Bertz CT molecular complexity index is 591. The van der Waals surface area contributed by atoms with Gasteiger partial charge in [-0.3, -0.25) is 4.68 Å². The van der Waals surface area contributed by atoms with Gasteiger partial charge >= 0.3 is 0 Å². The zero-order chi connectivity index (χ0) is 15.6. The zero-order valence-electron chi connectivity index (χ0n) is 13.9. The van der Waals surface area contributed by atoms with Crippen LogP contribution in [0.15, 0.2) is 0 Å². The summed E-state index contributed by atoms with van der Waals surface area (Å²) in [5, 5.41) is 9.33. The third-order valence-electron chi connectivity index (χ3n) is 3.74. The number of aryl methyl sites for hydroxylation is 3. The van der Waals surface area contributed by atoms with Crippen molar-refractivity contribution in [3.8, 4) is 0 Å². The minimum atomic E-state index is 0.668. The Morgan fingerprint density at radius 1 is 1.14 bits per heavy atom.